The number of hydrogen-bond acceptors (Lipinski definition) is 1. The Morgan fingerprint density at radius 2 is 1.93 bits per heavy atom. The minimum absolute atomic E-state index is 0.445. The lowest BCUT2D eigenvalue weighted by molar-refractivity contribution is 0.143. The summed E-state index contributed by atoms with van der Waals surface area (Å²) in [5, 5.41) is 0.735. The van der Waals surface area contributed by atoms with Crippen LogP contribution in [-0.2, 0) is 11.3 Å². The third-order valence-corrected chi connectivity index (χ3v) is 2.31. The largest absolute Gasteiger partial charge is 0.372 e. The number of alkyl halides is 1. The summed E-state index contributed by atoms with van der Waals surface area (Å²) in [7, 11) is 0. The summed E-state index contributed by atoms with van der Waals surface area (Å²) in [5.74, 6) is 0.445. The Hall–Kier alpha value is -0.500. The van der Waals surface area contributed by atoms with E-state index in [-0.39, 0.29) is 0 Å². The molecule has 0 aliphatic heterocycles. The van der Waals surface area contributed by atoms with Crippen LogP contribution in [-0.4, -0.2) is 12.5 Å². The van der Waals surface area contributed by atoms with E-state index >= 15 is 0 Å². The van der Waals surface area contributed by atoms with Gasteiger partial charge in [-0.25, -0.2) is 0 Å². The van der Waals surface area contributed by atoms with Crippen LogP contribution in [0, 0.1) is 0 Å². The Bertz CT molecular complexity index is 293. The molecular formula is C11H12Cl2O. The summed E-state index contributed by atoms with van der Waals surface area (Å²) in [6, 6.07) is 7.56. The van der Waals surface area contributed by atoms with E-state index in [0.717, 1.165) is 16.2 Å². The number of ether oxygens (including phenoxy) is 1. The first kappa shape index (κ1) is 11.6. The van der Waals surface area contributed by atoms with Gasteiger partial charge in [0, 0.05) is 10.9 Å². The van der Waals surface area contributed by atoms with Gasteiger partial charge in [0.05, 0.1) is 13.2 Å². The van der Waals surface area contributed by atoms with E-state index in [0.29, 0.717) is 19.1 Å². The molecule has 0 saturated heterocycles. The van der Waals surface area contributed by atoms with E-state index in [2.05, 4.69) is 6.58 Å². The Balaban J connectivity index is 2.31. The Morgan fingerprint density at radius 3 is 2.50 bits per heavy atom. The zero-order valence-corrected chi connectivity index (χ0v) is 9.31. The van der Waals surface area contributed by atoms with Gasteiger partial charge in [0.2, 0.25) is 0 Å². The van der Waals surface area contributed by atoms with E-state index in [1.807, 2.05) is 24.3 Å². The minimum Gasteiger partial charge on any atom is -0.372 e. The number of benzene rings is 1. The zero-order chi connectivity index (χ0) is 10.4. The van der Waals surface area contributed by atoms with E-state index in [1.54, 1.807) is 0 Å². The summed E-state index contributed by atoms with van der Waals surface area (Å²) >= 11 is 11.3. The summed E-state index contributed by atoms with van der Waals surface area (Å²) in [6.45, 7) is 4.81. The van der Waals surface area contributed by atoms with Crippen molar-refractivity contribution in [1.29, 1.82) is 0 Å². The Labute approximate surface area is 94.3 Å². The first-order chi connectivity index (χ1) is 6.72. The van der Waals surface area contributed by atoms with Crippen molar-refractivity contribution in [3.8, 4) is 0 Å². The quantitative estimate of drug-likeness (QED) is 0.555. The Morgan fingerprint density at radius 1 is 1.29 bits per heavy atom. The van der Waals surface area contributed by atoms with Crippen molar-refractivity contribution in [2.24, 2.45) is 0 Å². The maximum absolute atomic E-state index is 5.75. The predicted octanol–water partition coefficient (Wildman–Crippen LogP) is 3.65. The molecular weight excluding hydrogens is 219 g/mol. The van der Waals surface area contributed by atoms with Crippen LogP contribution >= 0.6 is 23.2 Å². The molecule has 0 saturated carbocycles. The highest BCUT2D eigenvalue weighted by molar-refractivity contribution is 6.30. The molecule has 76 valence electrons. The van der Waals surface area contributed by atoms with Crippen molar-refractivity contribution in [2.75, 3.05) is 12.5 Å². The van der Waals surface area contributed by atoms with Gasteiger partial charge in [0.15, 0.2) is 0 Å². The number of rotatable bonds is 5. The molecule has 1 aromatic carbocycles. The van der Waals surface area contributed by atoms with Crippen LogP contribution in [0.2, 0.25) is 5.02 Å². The Kier molecular flexibility index (Phi) is 5.02. The maximum atomic E-state index is 5.75. The lowest BCUT2D eigenvalue weighted by Gasteiger charge is -2.04. The van der Waals surface area contributed by atoms with Crippen LogP contribution in [0.15, 0.2) is 36.4 Å². The summed E-state index contributed by atoms with van der Waals surface area (Å²) in [6.07, 6.45) is 0. The second kappa shape index (κ2) is 6.07. The third-order valence-electron chi connectivity index (χ3n) is 1.68. The molecule has 0 amide bonds. The number of hydrogen-bond donors (Lipinski definition) is 0. The van der Waals surface area contributed by atoms with Crippen LogP contribution in [0.25, 0.3) is 0 Å². The first-order valence-electron chi connectivity index (χ1n) is 4.27. The molecule has 1 aromatic rings. The average Bonchev–Trinajstić information content (AvgIpc) is 2.21. The van der Waals surface area contributed by atoms with Crippen LogP contribution < -0.4 is 0 Å². The van der Waals surface area contributed by atoms with Crippen molar-refractivity contribution in [3.05, 3.63) is 47.0 Å². The lowest BCUT2D eigenvalue weighted by Crippen LogP contribution is -1.98. The molecule has 0 atom stereocenters. The molecule has 0 aromatic heterocycles. The highest BCUT2D eigenvalue weighted by atomic mass is 35.5. The van der Waals surface area contributed by atoms with Gasteiger partial charge in [-0.2, -0.15) is 0 Å². The topological polar surface area (TPSA) is 9.23 Å². The van der Waals surface area contributed by atoms with Crippen molar-refractivity contribution in [2.45, 2.75) is 6.61 Å². The van der Waals surface area contributed by atoms with Crippen LogP contribution in [0.4, 0.5) is 0 Å². The summed E-state index contributed by atoms with van der Waals surface area (Å²) in [4.78, 5) is 0. The molecule has 1 rings (SSSR count). The molecule has 0 fully saturated rings. The van der Waals surface area contributed by atoms with Gasteiger partial charge < -0.3 is 4.74 Å². The van der Waals surface area contributed by atoms with Gasteiger partial charge in [-0.1, -0.05) is 30.3 Å². The van der Waals surface area contributed by atoms with Gasteiger partial charge in [-0.3, -0.25) is 0 Å². The van der Waals surface area contributed by atoms with Gasteiger partial charge >= 0.3 is 0 Å². The summed E-state index contributed by atoms with van der Waals surface area (Å²) in [5.41, 5.74) is 1.98. The fourth-order valence-electron chi connectivity index (χ4n) is 0.932. The fourth-order valence-corrected chi connectivity index (χ4v) is 1.14. The zero-order valence-electron chi connectivity index (χ0n) is 7.80. The van der Waals surface area contributed by atoms with Crippen molar-refractivity contribution >= 4 is 23.2 Å². The van der Waals surface area contributed by atoms with Crippen molar-refractivity contribution in [3.63, 3.8) is 0 Å². The second-order valence-electron chi connectivity index (χ2n) is 3.00. The van der Waals surface area contributed by atoms with E-state index in [9.17, 15) is 0 Å². The van der Waals surface area contributed by atoms with E-state index < -0.39 is 0 Å². The molecule has 0 radical (unpaired) electrons. The van der Waals surface area contributed by atoms with Crippen molar-refractivity contribution < 1.29 is 4.74 Å². The lowest BCUT2D eigenvalue weighted by atomic mass is 10.2. The molecule has 0 heterocycles. The molecule has 0 aliphatic rings. The van der Waals surface area contributed by atoms with Gasteiger partial charge in [-0.05, 0) is 23.3 Å². The standard InChI is InChI=1S/C11H12Cl2O/c1-9(6-12)7-14-8-10-2-4-11(13)5-3-10/h2-5H,1,6-8H2. The smallest absolute Gasteiger partial charge is 0.0721 e. The van der Waals surface area contributed by atoms with Gasteiger partial charge in [0.25, 0.3) is 0 Å². The van der Waals surface area contributed by atoms with E-state index in [4.69, 9.17) is 27.9 Å². The maximum Gasteiger partial charge on any atom is 0.0721 e. The molecule has 0 N–H and O–H groups in total. The van der Waals surface area contributed by atoms with Crippen LogP contribution in [0.1, 0.15) is 5.56 Å². The SMILES string of the molecule is C=C(CCl)COCc1ccc(Cl)cc1. The molecule has 0 bridgehead atoms. The highest BCUT2D eigenvalue weighted by Gasteiger charge is 1.95. The van der Waals surface area contributed by atoms with E-state index in [1.165, 1.54) is 0 Å². The summed E-state index contributed by atoms with van der Waals surface area (Å²) < 4.78 is 5.39. The third kappa shape index (κ3) is 4.14. The average molecular weight is 231 g/mol. The monoisotopic (exact) mass is 230 g/mol. The van der Waals surface area contributed by atoms with Gasteiger partial charge in [-0.15, -0.1) is 11.6 Å². The molecule has 1 nitrogen and oxygen atoms in total. The molecule has 0 aliphatic carbocycles. The minimum atomic E-state index is 0.445. The normalized spacial score (nSPS) is 10.1. The fraction of sp³-hybridized carbons (Fsp3) is 0.273. The molecule has 3 heteroatoms. The van der Waals surface area contributed by atoms with Crippen molar-refractivity contribution in [1.82, 2.24) is 0 Å². The predicted molar refractivity (Wildman–Crippen MR) is 61.0 cm³/mol. The first-order valence-corrected chi connectivity index (χ1v) is 5.18. The number of halogens is 2. The molecule has 0 spiro atoms. The van der Waals surface area contributed by atoms with Gasteiger partial charge in [0.1, 0.15) is 0 Å². The molecule has 14 heavy (non-hydrogen) atoms. The molecule has 0 unspecified atom stereocenters. The van der Waals surface area contributed by atoms with Crippen LogP contribution in [0.5, 0.6) is 0 Å². The second-order valence-corrected chi connectivity index (χ2v) is 3.71. The highest BCUT2D eigenvalue weighted by Crippen LogP contribution is 2.10. The van der Waals surface area contributed by atoms with Crippen LogP contribution in [0.3, 0.4) is 0 Å².